The van der Waals surface area contributed by atoms with Crippen LogP contribution in [0.2, 0.25) is 0 Å². The van der Waals surface area contributed by atoms with Gasteiger partial charge in [-0.2, -0.15) is 0 Å². The minimum Gasteiger partial charge on any atom is -0.387 e. The molecule has 18 heavy (non-hydrogen) atoms. The van der Waals surface area contributed by atoms with Crippen LogP contribution in [-0.2, 0) is 22.9 Å². The van der Waals surface area contributed by atoms with Crippen LogP contribution >= 0.6 is 15.6 Å². The topological polar surface area (TPSA) is 183 Å². The quantitative estimate of drug-likeness (QED) is 0.299. The minimum atomic E-state index is -4.95. The monoisotopic (exact) mass is 310 g/mol. The fraction of sp³-hybridized carbons (Fsp3) is 1.00. The maximum atomic E-state index is 10.5. The molecule has 1 rings (SSSR count). The molecule has 0 amide bonds. The van der Waals surface area contributed by atoms with Gasteiger partial charge in [0.05, 0.1) is 6.61 Å². The lowest BCUT2D eigenvalue weighted by Gasteiger charge is -2.15. The predicted octanol–water partition coefficient (Wildman–Crippen LogP) is -2.35. The lowest BCUT2D eigenvalue weighted by atomic mass is 10.1. The first kappa shape index (κ1) is 16.2. The van der Waals surface area contributed by atoms with Crippen molar-refractivity contribution >= 4 is 15.6 Å². The van der Waals surface area contributed by atoms with Gasteiger partial charge in [0.1, 0.15) is 18.3 Å². The summed E-state index contributed by atoms with van der Waals surface area (Å²) in [7, 11) is -9.74. The fourth-order valence-corrected chi connectivity index (χ4v) is 2.03. The van der Waals surface area contributed by atoms with Crippen LogP contribution in [0.5, 0.6) is 0 Å². The summed E-state index contributed by atoms with van der Waals surface area (Å²) in [6, 6.07) is 0. The molecule has 0 aromatic rings. The second-order valence-electron chi connectivity index (χ2n) is 3.41. The molecule has 1 aliphatic rings. The molecule has 0 aromatic heterocycles. The first-order valence-corrected chi connectivity index (χ1v) is 7.51. The van der Waals surface area contributed by atoms with E-state index in [-0.39, 0.29) is 0 Å². The number of phosphoric ester groups is 2. The summed E-state index contributed by atoms with van der Waals surface area (Å²) in [5, 5.41) is 18.7. The number of hydrogen-bond donors (Lipinski definition) is 6. The molecule has 0 bridgehead atoms. The Morgan fingerprint density at radius 3 is 2.00 bits per heavy atom. The molecule has 0 saturated carbocycles. The number of ether oxygens (including phenoxy) is 1. The summed E-state index contributed by atoms with van der Waals surface area (Å²) < 4.78 is 33.6. The van der Waals surface area contributed by atoms with Crippen molar-refractivity contribution in [2.24, 2.45) is 0 Å². The molecule has 11 nitrogen and oxygen atoms in total. The third kappa shape index (κ3) is 5.00. The van der Waals surface area contributed by atoms with E-state index < -0.39 is 46.9 Å². The van der Waals surface area contributed by atoms with E-state index in [4.69, 9.17) is 19.6 Å². The Hall–Kier alpha value is 0.1000. The molecule has 0 spiro atoms. The molecule has 1 saturated heterocycles. The Kier molecular flexibility index (Phi) is 5.04. The van der Waals surface area contributed by atoms with E-state index in [2.05, 4.69) is 13.8 Å². The molecule has 4 atom stereocenters. The molecule has 0 aromatic carbocycles. The summed E-state index contributed by atoms with van der Waals surface area (Å²) in [5.41, 5.74) is 0. The van der Waals surface area contributed by atoms with Crippen LogP contribution in [0.4, 0.5) is 0 Å². The largest absolute Gasteiger partial charge is 0.472 e. The van der Waals surface area contributed by atoms with Crippen LogP contribution in [0.15, 0.2) is 0 Å². The van der Waals surface area contributed by atoms with Crippen molar-refractivity contribution in [1.82, 2.24) is 0 Å². The minimum absolute atomic E-state index is 0.788. The van der Waals surface area contributed by atoms with E-state index in [1.807, 2.05) is 0 Å². The SMILES string of the molecule is O=P(O)(O)OC[C@H]1O[C@@H](OP(=O)(O)O)[C@H](O)[C@@H]1O. The predicted molar refractivity (Wildman–Crippen MR) is 51.8 cm³/mol. The van der Waals surface area contributed by atoms with Gasteiger partial charge in [-0.25, -0.2) is 9.13 Å². The van der Waals surface area contributed by atoms with Gasteiger partial charge in [-0.1, -0.05) is 0 Å². The molecule has 108 valence electrons. The average molecular weight is 310 g/mol. The lowest BCUT2D eigenvalue weighted by Crippen LogP contribution is -2.34. The second kappa shape index (κ2) is 5.61. The van der Waals surface area contributed by atoms with Gasteiger partial charge in [-0.05, 0) is 0 Å². The molecule has 13 heteroatoms. The van der Waals surface area contributed by atoms with Gasteiger partial charge in [-0.15, -0.1) is 0 Å². The van der Waals surface area contributed by atoms with E-state index in [0.717, 1.165) is 0 Å². The van der Waals surface area contributed by atoms with Crippen molar-refractivity contribution < 1.29 is 52.7 Å². The Bertz CT molecular complexity index is 372. The van der Waals surface area contributed by atoms with Gasteiger partial charge in [0.2, 0.25) is 0 Å². The first-order valence-electron chi connectivity index (χ1n) is 4.45. The van der Waals surface area contributed by atoms with Crippen molar-refractivity contribution in [3.05, 3.63) is 0 Å². The number of aliphatic hydroxyl groups excluding tert-OH is 2. The summed E-state index contributed by atoms with van der Waals surface area (Å²) in [5.74, 6) is 0. The number of aliphatic hydroxyl groups is 2. The Morgan fingerprint density at radius 1 is 1.00 bits per heavy atom. The summed E-state index contributed by atoms with van der Waals surface area (Å²) in [6.45, 7) is -0.788. The highest BCUT2D eigenvalue weighted by atomic mass is 31.2. The third-order valence-electron chi connectivity index (χ3n) is 1.97. The van der Waals surface area contributed by atoms with Crippen molar-refractivity contribution in [1.29, 1.82) is 0 Å². The number of hydrogen-bond acceptors (Lipinski definition) is 7. The van der Waals surface area contributed by atoms with Crippen molar-refractivity contribution in [2.45, 2.75) is 24.6 Å². The van der Waals surface area contributed by atoms with Gasteiger partial charge in [0, 0.05) is 0 Å². The van der Waals surface area contributed by atoms with Gasteiger partial charge >= 0.3 is 15.6 Å². The van der Waals surface area contributed by atoms with Crippen LogP contribution in [0.1, 0.15) is 0 Å². The van der Waals surface area contributed by atoms with Crippen molar-refractivity contribution in [3.63, 3.8) is 0 Å². The summed E-state index contributed by atoms with van der Waals surface area (Å²) in [4.78, 5) is 33.8. The molecule has 1 aliphatic heterocycles. The highest BCUT2D eigenvalue weighted by Gasteiger charge is 2.46. The van der Waals surface area contributed by atoms with Crippen LogP contribution in [-0.4, -0.2) is 61.0 Å². The molecule has 0 aliphatic carbocycles. The van der Waals surface area contributed by atoms with E-state index >= 15 is 0 Å². The summed E-state index contributed by atoms with van der Waals surface area (Å²) in [6.07, 6.45) is -6.69. The number of phosphoric acid groups is 2. The van der Waals surface area contributed by atoms with E-state index in [0.29, 0.717) is 0 Å². The second-order valence-corrected chi connectivity index (χ2v) is 5.84. The van der Waals surface area contributed by atoms with Crippen LogP contribution in [0.25, 0.3) is 0 Å². The summed E-state index contributed by atoms with van der Waals surface area (Å²) >= 11 is 0. The van der Waals surface area contributed by atoms with Gasteiger partial charge in [0.25, 0.3) is 0 Å². The zero-order chi connectivity index (χ0) is 14.1. The molecular weight excluding hydrogens is 298 g/mol. The molecule has 1 fully saturated rings. The molecule has 0 radical (unpaired) electrons. The standard InChI is InChI=1S/C5H12O11P2/c6-3-2(1-14-17(8,9)10)15-5(4(3)7)16-18(11,12)13/h2-7H,1H2,(H2,8,9,10)(H2,11,12,13)/t2-,3-,4-,5+/m1/s1. The zero-order valence-electron chi connectivity index (χ0n) is 8.64. The maximum Gasteiger partial charge on any atom is 0.472 e. The van der Waals surface area contributed by atoms with E-state index in [1.54, 1.807) is 0 Å². The molecule has 1 heterocycles. The van der Waals surface area contributed by atoms with Crippen LogP contribution in [0.3, 0.4) is 0 Å². The van der Waals surface area contributed by atoms with Crippen molar-refractivity contribution in [2.75, 3.05) is 6.61 Å². The zero-order valence-corrected chi connectivity index (χ0v) is 10.4. The van der Waals surface area contributed by atoms with Gasteiger partial charge in [-0.3, -0.25) is 9.05 Å². The van der Waals surface area contributed by atoms with Gasteiger partial charge in [0.15, 0.2) is 6.29 Å². The van der Waals surface area contributed by atoms with E-state index in [1.165, 1.54) is 0 Å². The smallest absolute Gasteiger partial charge is 0.387 e. The Balaban J connectivity index is 2.59. The number of rotatable bonds is 5. The normalized spacial score (nSPS) is 33.9. The van der Waals surface area contributed by atoms with Crippen LogP contribution in [0, 0.1) is 0 Å². The van der Waals surface area contributed by atoms with Crippen molar-refractivity contribution in [3.8, 4) is 0 Å². The highest BCUT2D eigenvalue weighted by Crippen LogP contribution is 2.42. The Labute approximate surface area is 100 Å². The first-order chi connectivity index (χ1) is 7.99. The Morgan fingerprint density at radius 2 is 1.56 bits per heavy atom. The average Bonchev–Trinajstić information content (AvgIpc) is 2.40. The van der Waals surface area contributed by atoms with E-state index in [9.17, 15) is 19.3 Å². The van der Waals surface area contributed by atoms with Crippen LogP contribution < -0.4 is 0 Å². The maximum absolute atomic E-state index is 10.5. The third-order valence-corrected chi connectivity index (χ3v) is 2.93. The molecule has 0 unspecified atom stereocenters. The highest BCUT2D eigenvalue weighted by molar-refractivity contribution is 7.46. The fourth-order valence-electron chi connectivity index (χ4n) is 1.25. The molecule has 6 N–H and O–H groups in total. The van der Waals surface area contributed by atoms with Gasteiger partial charge < -0.3 is 34.5 Å². The lowest BCUT2D eigenvalue weighted by molar-refractivity contribution is -0.125. The molecular formula is C5H12O11P2.